The molecule has 1 N–H and O–H groups in total. The zero-order valence-corrected chi connectivity index (χ0v) is 14.7. The number of nitrogens with one attached hydrogen (secondary N) is 1. The number of methoxy groups -OCH3 is 1. The molecule has 1 rings (SSSR count). The number of ether oxygens (including phenoxy) is 2. The Bertz CT molecular complexity index is 463. The van der Waals surface area contributed by atoms with Gasteiger partial charge in [0, 0.05) is 16.6 Å². The number of hydrogen-bond acceptors (Lipinski definition) is 4. The highest BCUT2D eigenvalue weighted by atomic mass is 79.9. The van der Waals surface area contributed by atoms with Gasteiger partial charge in [0.2, 0.25) is 0 Å². The van der Waals surface area contributed by atoms with Gasteiger partial charge in [-0.25, -0.2) is 0 Å². The third-order valence-electron chi connectivity index (χ3n) is 3.12. The van der Waals surface area contributed by atoms with Crippen LogP contribution in [-0.4, -0.2) is 25.7 Å². The maximum absolute atomic E-state index is 11.8. The van der Waals surface area contributed by atoms with Crippen molar-refractivity contribution in [1.29, 1.82) is 0 Å². The van der Waals surface area contributed by atoms with Crippen LogP contribution in [0.3, 0.4) is 0 Å². The van der Waals surface area contributed by atoms with Crippen LogP contribution in [0.1, 0.15) is 32.8 Å². The minimum absolute atomic E-state index is 0.157. The average Bonchev–Trinajstić information content (AvgIpc) is 2.45. The van der Waals surface area contributed by atoms with Gasteiger partial charge >= 0.3 is 5.97 Å². The third-order valence-corrected chi connectivity index (χ3v) is 3.61. The summed E-state index contributed by atoms with van der Waals surface area (Å²) in [5.74, 6) is 0.764. The van der Waals surface area contributed by atoms with Gasteiger partial charge in [-0.15, -0.1) is 0 Å². The van der Waals surface area contributed by atoms with Crippen LogP contribution in [0.5, 0.6) is 5.75 Å². The lowest BCUT2D eigenvalue weighted by Gasteiger charge is -2.21. The molecule has 0 aliphatic heterocycles. The Kier molecular flexibility index (Phi) is 7.75. The van der Waals surface area contributed by atoms with Crippen molar-refractivity contribution in [2.75, 3.05) is 13.7 Å². The van der Waals surface area contributed by atoms with Crippen molar-refractivity contribution in [2.45, 2.75) is 39.8 Å². The number of rotatable bonds is 8. The fourth-order valence-corrected chi connectivity index (χ4v) is 2.39. The molecule has 0 saturated heterocycles. The Balaban J connectivity index is 2.80. The van der Waals surface area contributed by atoms with E-state index in [1.165, 1.54) is 7.11 Å². The second kappa shape index (κ2) is 9.05. The van der Waals surface area contributed by atoms with Gasteiger partial charge in [0.15, 0.2) is 0 Å². The molecule has 0 saturated carbocycles. The molecule has 0 spiro atoms. The second-order valence-electron chi connectivity index (χ2n) is 5.23. The minimum Gasteiger partial charge on any atom is -0.493 e. The van der Waals surface area contributed by atoms with E-state index in [4.69, 9.17) is 9.47 Å². The Morgan fingerprint density at radius 1 is 1.38 bits per heavy atom. The van der Waals surface area contributed by atoms with Crippen LogP contribution in [0.15, 0.2) is 22.7 Å². The summed E-state index contributed by atoms with van der Waals surface area (Å²) in [5, 5.41) is 3.25. The predicted molar refractivity (Wildman–Crippen MR) is 87.4 cm³/mol. The fraction of sp³-hybridized carbons (Fsp3) is 0.562. The van der Waals surface area contributed by atoms with E-state index in [-0.39, 0.29) is 17.9 Å². The van der Waals surface area contributed by atoms with Gasteiger partial charge in [-0.3, -0.25) is 10.1 Å². The van der Waals surface area contributed by atoms with Gasteiger partial charge in [0.05, 0.1) is 13.7 Å². The first kappa shape index (κ1) is 18.0. The van der Waals surface area contributed by atoms with E-state index in [1.807, 2.05) is 32.0 Å². The molecule has 0 aliphatic carbocycles. The Labute approximate surface area is 135 Å². The maximum atomic E-state index is 11.8. The highest BCUT2D eigenvalue weighted by Crippen LogP contribution is 2.23. The van der Waals surface area contributed by atoms with Crippen molar-refractivity contribution in [1.82, 2.24) is 5.32 Å². The molecule has 0 heterocycles. The molecular formula is C16H24BrNO3. The van der Waals surface area contributed by atoms with Crippen molar-refractivity contribution in [3.8, 4) is 5.75 Å². The summed E-state index contributed by atoms with van der Waals surface area (Å²) < 4.78 is 11.6. The van der Waals surface area contributed by atoms with Gasteiger partial charge in [-0.1, -0.05) is 36.7 Å². The summed E-state index contributed by atoms with van der Waals surface area (Å²) in [6, 6.07) is 5.58. The number of carbonyl (C=O) groups excluding carboxylic acids is 1. The van der Waals surface area contributed by atoms with E-state index < -0.39 is 0 Å². The van der Waals surface area contributed by atoms with Crippen LogP contribution in [-0.2, 0) is 16.1 Å². The van der Waals surface area contributed by atoms with Crippen LogP contribution in [0.2, 0.25) is 0 Å². The zero-order valence-electron chi connectivity index (χ0n) is 13.1. The molecule has 1 aromatic rings. The molecule has 4 nitrogen and oxygen atoms in total. The Hall–Kier alpha value is -1.07. The van der Waals surface area contributed by atoms with E-state index in [0.717, 1.165) is 22.2 Å². The topological polar surface area (TPSA) is 47.6 Å². The molecular weight excluding hydrogens is 334 g/mol. The van der Waals surface area contributed by atoms with Gasteiger partial charge in [0.25, 0.3) is 0 Å². The summed E-state index contributed by atoms with van der Waals surface area (Å²) in [7, 11) is 1.41. The quantitative estimate of drug-likeness (QED) is 0.723. The van der Waals surface area contributed by atoms with Crippen molar-refractivity contribution in [3.05, 3.63) is 28.2 Å². The lowest BCUT2D eigenvalue weighted by atomic mass is 10.0. The smallest absolute Gasteiger partial charge is 0.323 e. The molecule has 1 aromatic carbocycles. The van der Waals surface area contributed by atoms with E-state index in [1.54, 1.807) is 0 Å². The van der Waals surface area contributed by atoms with Gasteiger partial charge < -0.3 is 9.47 Å². The molecule has 0 aromatic heterocycles. The molecule has 0 aliphatic rings. The summed E-state index contributed by atoms with van der Waals surface area (Å²) in [6.45, 7) is 7.28. The van der Waals surface area contributed by atoms with Crippen LogP contribution < -0.4 is 10.1 Å². The molecule has 0 amide bonds. The monoisotopic (exact) mass is 357 g/mol. The SMILES string of the molecule is CCCOc1ccc(Br)cc1CN[C@H](C(=O)OC)C(C)C. The second-order valence-corrected chi connectivity index (χ2v) is 6.14. The van der Waals surface area contributed by atoms with Crippen LogP contribution in [0, 0.1) is 5.92 Å². The van der Waals surface area contributed by atoms with Crippen LogP contribution in [0.25, 0.3) is 0 Å². The molecule has 0 radical (unpaired) electrons. The molecule has 0 bridgehead atoms. The fourth-order valence-electron chi connectivity index (χ4n) is 1.98. The third kappa shape index (κ3) is 5.67. The minimum atomic E-state index is -0.326. The molecule has 5 heteroatoms. The average molecular weight is 358 g/mol. The zero-order chi connectivity index (χ0) is 15.8. The first-order valence-corrected chi connectivity index (χ1v) is 8.01. The van der Waals surface area contributed by atoms with E-state index >= 15 is 0 Å². The van der Waals surface area contributed by atoms with Gasteiger partial charge in [0.1, 0.15) is 11.8 Å². The number of benzene rings is 1. The summed E-state index contributed by atoms with van der Waals surface area (Å²) in [6.07, 6.45) is 0.958. The maximum Gasteiger partial charge on any atom is 0.323 e. The van der Waals surface area contributed by atoms with E-state index in [9.17, 15) is 4.79 Å². The number of esters is 1. The largest absolute Gasteiger partial charge is 0.493 e. The highest BCUT2D eigenvalue weighted by molar-refractivity contribution is 9.10. The number of halogens is 1. The van der Waals surface area contributed by atoms with Crippen molar-refractivity contribution in [3.63, 3.8) is 0 Å². The predicted octanol–water partition coefficient (Wildman–Crippen LogP) is 3.53. The van der Waals surface area contributed by atoms with Crippen molar-refractivity contribution in [2.24, 2.45) is 5.92 Å². The standard InChI is InChI=1S/C16H24BrNO3/c1-5-8-21-14-7-6-13(17)9-12(14)10-18-15(11(2)3)16(19)20-4/h6-7,9,11,15,18H,5,8,10H2,1-4H3/t15-/m0/s1. The van der Waals surface area contributed by atoms with Gasteiger partial charge in [-0.05, 0) is 30.5 Å². The molecule has 1 atom stereocenters. The van der Waals surface area contributed by atoms with Crippen LogP contribution >= 0.6 is 15.9 Å². The molecule has 0 fully saturated rings. The summed E-state index contributed by atoms with van der Waals surface area (Å²) in [5.41, 5.74) is 1.02. The number of hydrogen-bond donors (Lipinski definition) is 1. The first-order valence-electron chi connectivity index (χ1n) is 7.22. The normalized spacial score (nSPS) is 12.3. The Morgan fingerprint density at radius 3 is 2.67 bits per heavy atom. The molecule has 0 unspecified atom stereocenters. The molecule has 21 heavy (non-hydrogen) atoms. The number of carbonyl (C=O) groups is 1. The first-order chi connectivity index (χ1) is 9.99. The summed E-state index contributed by atoms with van der Waals surface area (Å²) >= 11 is 3.47. The van der Waals surface area contributed by atoms with Crippen LogP contribution in [0.4, 0.5) is 0 Å². The van der Waals surface area contributed by atoms with E-state index in [2.05, 4.69) is 28.2 Å². The van der Waals surface area contributed by atoms with E-state index in [0.29, 0.717) is 13.2 Å². The molecule has 118 valence electrons. The lowest BCUT2D eigenvalue weighted by Crippen LogP contribution is -2.41. The summed E-state index contributed by atoms with van der Waals surface area (Å²) in [4.78, 5) is 11.8. The highest BCUT2D eigenvalue weighted by Gasteiger charge is 2.22. The van der Waals surface area contributed by atoms with Crippen molar-refractivity contribution < 1.29 is 14.3 Å². The van der Waals surface area contributed by atoms with Crippen molar-refractivity contribution >= 4 is 21.9 Å². The Morgan fingerprint density at radius 2 is 2.10 bits per heavy atom. The van der Waals surface area contributed by atoms with Gasteiger partial charge in [-0.2, -0.15) is 0 Å². The lowest BCUT2D eigenvalue weighted by molar-refractivity contribution is -0.144.